The van der Waals surface area contributed by atoms with Crippen LogP contribution in [0, 0.1) is 6.92 Å². The maximum Gasteiger partial charge on any atom is 0.138 e. The minimum Gasteiger partial charge on any atom is -0.487 e. The SMILES string of the molecule is Cc1ccc(OCc2ccoc2CN)c(Cl)c1. The minimum atomic E-state index is 0.368. The number of halogens is 1. The average molecular weight is 252 g/mol. The van der Waals surface area contributed by atoms with Crippen LogP contribution < -0.4 is 10.5 Å². The number of hydrogen-bond acceptors (Lipinski definition) is 3. The molecule has 0 bridgehead atoms. The molecule has 2 N–H and O–H groups in total. The predicted molar refractivity (Wildman–Crippen MR) is 67.1 cm³/mol. The molecule has 1 aromatic carbocycles. The standard InChI is InChI=1S/C13H14ClNO2/c1-9-2-3-12(11(14)6-9)17-8-10-4-5-16-13(10)7-15/h2-6H,7-8,15H2,1H3. The Morgan fingerprint density at radius 2 is 2.18 bits per heavy atom. The lowest BCUT2D eigenvalue weighted by Gasteiger charge is -2.08. The van der Waals surface area contributed by atoms with Crippen LogP contribution in [0.4, 0.5) is 0 Å². The first kappa shape index (κ1) is 12.0. The highest BCUT2D eigenvalue weighted by Crippen LogP contribution is 2.26. The number of benzene rings is 1. The van der Waals surface area contributed by atoms with E-state index in [1.165, 1.54) is 0 Å². The van der Waals surface area contributed by atoms with E-state index in [9.17, 15) is 0 Å². The van der Waals surface area contributed by atoms with Gasteiger partial charge >= 0.3 is 0 Å². The van der Waals surface area contributed by atoms with E-state index in [1.807, 2.05) is 31.2 Å². The van der Waals surface area contributed by atoms with Crippen molar-refractivity contribution in [2.75, 3.05) is 0 Å². The highest BCUT2D eigenvalue weighted by atomic mass is 35.5. The summed E-state index contributed by atoms with van der Waals surface area (Å²) in [4.78, 5) is 0. The van der Waals surface area contributed by atoms with Crippen molar-refractivity contribution >= 4 is 11.6 Å². The second-order valence-corrected chi connectivity index (χ2v) is 4.20. The van der Waals surface area contributed by atoms with Gasteiger partial charge in [0, 0.05) is 5.56 Å². The smallest absolute Gasteiger partial charge is 0.138 e. The fourth-order valence-electron chi connectivity index (χ4n) is 1.55. The Balaban J connectivity index is 2.07. The maximum absolute atomic E-state index is 6.07. The fraction of sp³-hybridized carbons (Fsp3) is 0.231. The summed E-state index contributed by atoms with van der Waals surface area (Å²) >= 11 is 6.07. The summed E-state index contributed by atoms with van der Waals surface area (Å²) in [7, 11) is 0. The van der Waals surface area contributed by atoms with Gasteiger partial charge in [0.05, 0.1) is 17.8 Å². The second-order valence-electron chi connectivity index (χ2n) is 3.80. The lowest BCUT2D eigenvalue weighted by atomic mass is 10.2. The lowest BCUT2D eigenvalue weighted by molar-refractivity contribution is 0.302. The summed E-state index contributed by atoms with van der Waals surface area (Å²) in [5.74, 6) is 1.41. The van der Waals surface area contributed by atoms with E-state index in [-0.39, 0.29) is 0 Å². The fourth-order valence-corrected chi connectivity index (χ4v) is 1.84. The Morgan fingerprint density at radius 3 is 2.88 bits per heavy atom. The van der Waals surface area contributed by atoms with Crippen molar-refractivity contribution < 1.29 is 9.15 Å². The molecule has 0 atom stereocenters. The molecule has 0 amide bonds. The number of rotatable bonds is 4. The molecule has 1 heterocycles. The highest BCUT2D eigenvalue weighted by molar-refractivity contribution is 6.32. The maximum atomic E-state index is 6.07. The Kier molecular flexibility index (Phi) is 3.71. The normalized spacial score (nSPS) is 10.5. The van der Waals surface area contributed by atoms with Gasteiger partial charge in [-0.3, -0.25) is 0 Å². The molecule has 4 heteroatoms. The first-order valence-corrected chi connectivity index (χ1v) is 5.72. The minimum absolute atomic E-state index is 0.368. The van der Waals surface area contributed by atoms with Gasteiger partial charge in [-0.1, -0.05) is 17.7 Å². The molecule has 0 fully saturated rings. The van der Waals surface area contributed by atoms with Gasteiger partial charge in [-0.25, -0.2) is 0 Å². The third-order valence-corrected chi connectivity index (χ3v) is 2.79. The lowest BCUT2D eigenvalue weighted by Crippen LogP contribution is -2.02. The van der Waals surface area contributed by atoms with E-state index < -0.39 is 0 Å². The molecule has 0 radical (unpaired) electrons. The molecule has 0 spiro atoms. The number of nitrogens with two attached hydrogens (primary N) is 1. The average Bonchev–Trinajstić information content (AvgIpc) is 2.75. The van der Waals surface area contributed by atoms with Crippen LogP contribution in [0.1, 0.15) is 16.9 Å². The second kappa shape index (κ2) is 5.25. The van der Waals surface area contributed by atoms with E-state index in [0.717, 1.165) is 16.9 Å². The molecular formula is C13H14ClNO2. The monoisotopic (exact) mass is 251 g/mol. The van der Waals surface area contributed by atoms with Gasteiger partial charge < -0.3 is 14.9 Å². The third-order valence-electron chi connectivity index (χ3n) is 2.49. The van der Waals surface area contributed by atoms with Gasteiger partial charge in [0.25, 0.3) is 0 Å². The summed E-state index contributed by atoms with van der Waals surface area (Å²) < 4.78 is 10.8. The highest BCUT2D eigenvalue weighted by Gasteiger charge is 2.07. The Morgan fingerprint density at radius 1 is 1.35 bits per heavy atom. The molecule has 0 aliphatic carbocycles. The van der Waals surface area contributed by atoms with E-state index in [1.54, 1.807) is 6.26 Å². The van der Waals surface area contributed by atoms with Crippen LogP contribution in [0.2, 0.25) is 5.02 Å². The van der Waals surface area contributed by atoms with Crippen LogP contribution in [-0.2, 0) is 13.2 Å². The Bertz CT molecular complexity index is 508. The Labute approximate surface area is 105 Å². The van der Waals surface area contributed by atoms with Crippen LogP contribution >= 0.6 is 11.6 Å². The first-order valence-electron chi connectivity index (χ1n) is 5.35. The van der Waals surface area contributed by atoms with Crippen molar-refractivity contribution in [2.45, 2.75) is 20.1 Å². The zero-order valence-corrected chi connectivity index (χ0v) is 10.3. The molecule has 0 saturated heterocycles. The van der Waals surface area contributed by atoms with Gasteiger partial charge in [0.15, 0.2) is 0 Å². The van der Waals surface area contributed by atoms with E-state index in [0.29, 0.717) is 23.9 Å². The number of hydrogen-bond donors (Lipinski definition) is 1. The van der Waals surface area contributed by atoms with Crippen LogP contribution in [0.15, 0.2) is 34.9 Å². The summed E-state index contributed by atoms with van der Waals surface area (Å²) in [5, 5.41) is 0.614. The van der Waals surface area contributed by atoms with E-state index in [2.05, 4.69) is 0 Å². The molecule has 0 saturated carbocycles. The van der Waals surface area contributed by atoms with Crippen molar-refractivity contribution in [2.24, 2.45) is 5.73 Å². The molecule has 3 nitrogen and oxygen atoms in total. The molecule has 0 aliphatic rings. The predicted octanol–water partition coefficient (Wildman–Crippen LogP) is 3.28. The third kappa shape index (κ3) is 2.81. The molecule has 2 aromatic rings. The summed E-state index contributed by atoms with van der Waals surface area (Å²) in [6.45, 7) is 2.76. The van der Waals surface area contributed by atoms with Crippen molar-refractivity contribution in [1.29, 1.82) is 0 Å². The molecule has 2 rings (SSSR count). The van der Waals surface area contributed by atoms with Crippen LogP contribution in [0.3, 0.4) is 0 Å². The Hall–Kier alpha value is -1.45. The van der Waals surface area contributed by atoms with Crippen LogP contribution in [0.25, 0.3) is 0 Å². The van der Waals surface area contributed by atoms with Crippen LogP contribution in [0.5, 0.6) is 5.75 Å². The number of aryl methyl sites for hydroxylation is 1. The van der Waals surface area contributed by atoms with Crippen molar-refractivity contribution in [3.05, 3.63) is 52.4 Å². The molecule has 90 valence electrons. The van der Waals surface area contributed by atoms with E-state index >= 15 is 0 Å². The van der Waals surface area contributed by atoms with E-state index in [4.69, 9.17) is 26.5 Å². The topological polar surface area (TPSA) is 48.4 Å². The molecular weight excluding hydrogens is 238 g/mol. The van der Waals surface area contributed by atoms with Gasteiger partial charge in [0.2, 0.25) is 0 Å². The summed E-state index contributed by atoms with van der Waals surface area (Å²) in [6.07, 6.45) is 1.61. The molecule has 17 heavy (non-hydrogen) atoms. The zero-order valence-electron chi connectivity index (χ0n) is 9.57. The summed E-state index contributed by atoms with van der Waals surface area (Å²) in [6, 6.07) is 7.54. The van der Waals surface area contributed by atoms with Gasteiger partial charge in [-0.05, 0) is 30.7 Å². The largest absolute Gasteiger partial charge is 0.487 e. The van der Waals surface area contributed by atoms with Crippen molar-refractivity contribution in [3.63, 3.8) is 0 Å². The van der Waals surface area contributed by atoms with Crippen molar-refractivity contribution in [1.82, 2.24) is 0 Å². The van der Waals surface area contributed by atoms with Gasteiger partial charge in [-0.15, -0.1) is 0 Å². The zero-order chi connectivity index (χ0) is 12.3. The number of ether oxygens (including phenoxy) is 1. The molecule has 0 aliphatic heterocycles. The molecule has 1 aromatic heterocycles. The quantitative estimate of drug-likeness (QED) is 0.907. The van der Waals surface area contributed by atoms with Gasteiger partial charge in [0.1, 0.15) is 18.1 Å². The number of furan rings is 1. The molecule has 0 unspecified atom stereocenters. The van der Waals surface area contributed by atoms with Gasteiger partial charge in [-0.2, -0.15) is 0 Å². The summed E-state index contributed by atoms with van der Waals surface area (Å²) in [5.41, 5.74) is 7.59. The van der Waals surface area contributed by atoms with Crippen LogP contribution in [-0.4, -0.2) is 0 Å². The van der Waals surface area contributed by atoms with Crippen molar-refractivity contribution in [3.8, 4) is 5.75 Å². The first-order chi connectivity index (χ1) is 8.20.